The molecule has 13 heavy (non-hydrogen) atoms. The van der Waals surface area contributed by atoms with Crippen LogP contribution in [0.2, 0.25) is 0 Å². The Hall–Kier alpha value is -1.03. The Morgan fingerprint density at radius 3 is 2.92 bits per heavy atom. The van der Waals surface area contributed by atoms with Gasteiger partial charge in [0.1, 0.15) is 0 Å². The molecular formula is C9H14N4. The van der Waals surface area contributed by atoms with E-state index < -0.39 is 0 Å². The van der Waals surface area contributed by atoms with Crippen molar-refractivity contribution < 1.29 is 0 Å². The lowest BCUT2D eigenvalue weighted by atomic mass is 10.4. The molecule has 1 saturated carbocycles. The lowest BCUT2D eigenvalue weighted by Crippen LogP contribution is -2.22. The number of nitrogens with one attached hydrogen (secondary N) is 2. The maximum atomic E-state index is 4.25. The summed E-state index contributed by atoms with van der Waals surface area (Å²) in [7, 11) is 2.02. The molecule has 0 radical (unpaired) electrons. The van der Waals surface area contributed by atoms with Crippen LogP contribution in [0.1, 0.15) is 0 Å². The van der Waals surface area contributed by atoms with Gasteiger partial charge in [-0.15, -0.1) is 0 Å². The number of aryl methyl sites for hydroxylation is 1. The second kappa shape index (κ2) is 2.48. The van der Waals surface area contributed by atoms with E-state index in [4.69, 9.17) is 0 Å². The number of nitrogens with zero attached hydrogens (tertiary/aromatic N) is 2. The van der Waals surface area contributed by atoms with Crippen LogP contribution in [0.4, 0.5) is 5.95 Å². The Balaban J connectivity index is 1.68. The molecule has 0 aromatic carbocycles. The normalized spacial score (nSPS) is 35.9. The number of imidazole rings is 1. The van der Waals surface area contributed by atoms with Gasteiger partial charge in [0.25, 0.3) is 0 Å². The molecule has 2 fully saturated rings. The summed E-state index contributed by atoms with van der Waals surface area (Å²) in [5.74, 6) is 2.69. The zero-order chi connectivity index (χ0) is 8.84. The standard InChI is InChI=1S/C9H14N4/c1-13-3-2-11-9(13)12-8-6-4-10-5-7(6)8/h2-3,6-8,10H,4-5H2,1H3,(H,11,12). The average Bonchev–Trinajstić information content (AvgIpc) is 2.57. The van der Waals surface area contributed by atoms with Crippen molar-refractivity contribution in [3.05, 3.63) is 12.4 Å². The van der Waals surface area contributed by atoms with Gasteiger partial charge in [0.05, 0.1) is 0 Å². The summed E-state index contributed by atoms with van der Waals surface area (Å²) in [5.41, 5.74) is 0. The highest BCUT2D eigenvalue weighted by Gasteiger charge is 2.53. The molecule has 1 aromatic rings. The Labute approximate surface area is 77.3 Å². The molecule has 0 bridgehead atoms. The number of piperidine rings is 1. The maximum Gasteiger partial charge on any atom is 0.202 e. The Morgan fingerprint density at radius 2 is 2.31 bits per heavy atom. The van der Waals surface area contributed by atoms with Crippen LogP contribution < -0.4 is 10.6 Å². The van der Waals surface area contributed by atoms with Crippen LogP contribution in [0.5, 0.6) is 0 Å². The third-order valence-electron chi connectivity index (χ3n) is 3.21. The molecule has 3 rings (SSSR count). The first-order valence-electron chi connectivity index (χ1n) is 4.81. The van der Waals surface area contributed by atoms with E-state index >= 15 is 0 Å². The first-order chi connectivity index (χ1) is 6.36. The third-order valence-corrected chi connectivity index (χ3v) is 3.21. The lowest BCUT2D eigenvalue weighted by molar-refractivity contribution is 0.690. The van der Waals surface area contributed by atoms with E-state index in [0.717, 1.165) is 17.8 Å². The zero-order valence-corrected chi connectivity index (χ0v) is 7.70. The molecule has 1 aliphatic carbocycles. The van der Waals surface area contributed by atoms with Crippen LogP contribution in [0.25, 0.3) is 0 Å². The van der Waals surface area contributed by atoms with Gasteiger partial charge in [-0.25, -0.2) is 4.98 Å². The van der Waals surface area contributed by atoms with Gasteiger partial charge in [-0.05, 0) is 11.8 Å². The van der Waals surface area contributed by atoms with Crippen molar-refractivity contribution in [1.29, 1.82) is 0 Å². The van der Waals surface area contributed by atoms with Crippen molar-refractivity contribution in [2.45, 2.75) is 6.04 Å². The largest absolute Gasteiger partial charge is 0.352 e. The van der Waals surface area contributed by atoms with E-state index in [1.165, 1.54) is 13.1 Å². The van der Waals surface area contributed by atoms with E-state index in [1.807, 2.05) is 24.0 Å². The highest BCUT2D eigenvalue weighted by atomic mass is 15.2. The van der Waals surface area contributed by atoms with E-state index in [0.29, 0.717) is 6.04 Å². The van der Waals surface area contributed by atoms with Crippen LogP contribution in [-0.2, 0) is 7.05 Å². The SMILES string of the molecule is Cn1ccnc1NC1C2CNCC21. The summed E-state index contributed by atoms with van der Waals surface area (Å²) < 4.78 is 2.03. The zero-order valence-electron chi connectivity index (χ0n) is 7.70. The Bertz CT molecular complexity index is 309. The van der Waals surface area contributed by atoms with Gasteiger partial charge in [-0.2, -0.15) is 0 Å². The van der Waals surface area contributed by atoms with Gasteiger partial charge < -0.3 is 15.2 Å². The molecule has 70 valence electrons. The fourth-order valence-electron chi connectivity index (χ4n) is 2.29. The first-order valence-corrected chi connectivity index (χ1v) is 4.81. The monoisotopic (exact) mass is 178 g/mol. The second-order valence-corrected chi connectivity index (χ2v) is 4.02. The van der Waals surface area contributed by atoms with Gasteiger partial charge in [-0.1, -0.05) is 0 Å². The van der Waals surface area contributed by atoms with E-state index in [-0.39, 0.29) is 0 Å². The van der Waals surface area contributed by atoms with E-state index in [1.54, 1.807) is 0 Å². The summed E-state index contributed by atoms with van der Waals surface area (Å²) in [5, 5.41) is 6.86. The molecule has 4 nitrogen and oxygen atoms in total. The quantitative estimate of drug-likeness (QED) is 0.672. The predicted octanol–water partition coefficient (Wildman–Crippen LogP) is 0.0498. The number of hydrogen-bond acceptors (Lipinski definition) is 3. The van der Waals surface area contributed by atoms with Gasteiger partial charge in [0.15, 0.2) is 0 Å². The van der Waals surface area contributed by atoms with Gasteiger partial charge in [0, 0.05) is 38.6 Å². The third kappa shape index (κ3) is 1.05. The number of aromatic nitrogens is 2. The molecule has 0 spiro atoms. The second-order valence-electron chi connectivity index (χ2n) is 4.02. The van der Waals surface area contributed by atoms with Crippen LogP contribution in [0, 0.1) is 11.8 Å². The molecule has 2 N–H and O–H groups in total. The van der Waals surface area contributed by atoms with Crippen molar-refractivity contribution in [2.24, 2.45) is 18.9 Å². The maximum absolute atomic E-state index is 4.25. The minimum atomic E-state index is 0.669. The molecule has 2 aliphatic rings. The number of anilines is 1. The number of rotatable bonds is 2. The fourth-order valence-corrected chi connectivity index (χ4v) is 2.29. The van der Waals surface area contributed by atoms with Crippen LogP contribution >= 0.6 is 0 Å². The molecule has 1 saturated heterocycles. The van der Waals surface area contributed by atoms with Crippen molar-refractivity contribution >= 4 is 5.95 Å². The molecule has 2 atom stereocenters. The predicted molar refractivity (Wildman–Crippen MR) is 50.5 cm³/mol. The van der Waals surface area contributed by atoms with Crippen molar-refractivity contribution in [1.82, 2.24) is 14.9 Å². The molecule has 2 unspecified atom stereocenters. The Morgan fingerprint density at radius 1 is 1.54 bits per heavy atom. The summed E-state index contributed by atoms with van der Waals surface area (Å²) >= 11 is 0. The summed E-state index contributed by atoms with van der Waals surface area (Å²) in [4.78, 5) is 4.25. The van der Waals surface area contributed by atoms with Crippen LogP contribution in [-0.4, -0.2) is 28.7 Å². The number of fused-ring (bicyclic) bond motifs is 1. The van der Waals surface area contributed by atoms with Crippen LogP contribution in [0.15, 0.2) is 12.4 Å². The van der Waals surface area contributed by atoms with Crippen molar-refractivity contribution in [3.8, 4) is 0 Å². The van der Waals surface area contributed by atoms with E-state index in [2.05, 4.69) is 15.6 Å². The van der Waals surface area contributed by atoms with Crippen molar-refractivity contribution in [2.75, 3.05) is 18.4 Å². The van der Waals surface area contributed by atoms with Crippen molar-refractivity contribution in [3.63, 3.8) is 0 Å². The highest BCUT2D eigenvalue weighted by Crippen LogP contribution is 2.43. The van der Waals surface area contributed by atoms with Gasteiger partial charge in [-0.3, -0.25) is 0 Å². The summed E-state index contributed by atoms with van der Waals surface area (Å²) in [6.45, 7) is 2.35. The Kier molecular flexibility index (Phi) is 1.41. The molecule has 1 aliphatic heterocycles. The molecule has 2 heterocycles. The molecule has 4 heteroatoms. The first kappa shape index (κ1) is 7.38. The van der Waals surface area contributed by atoms with Gasteiger partial charge in [0.2, 0.25) is 5.95 Å². The fraction of sp³-hybridized carbons (Fsp3) is 0.667. The molecule has 0 amide bonds. The summed E-state index contributed by atoms with van der Waals surface area (Å²) in [6.07, 6.45) is 3.80. The smallest absolute Gasteiger partial charge is 0.202 e. The summed E-state index contributed by atoms with van der Waals surface area (Å²) in [6, 6.07) is 0.669. The minimum Gasteiger partial charge on any atom is -0.352 e. The van der Waals surface area contributed by atoms with Crippen LogP contribution in [0.3, 0.4) is 0 Å². The average molecular weight is 178 g/mol. The molecule has 1 aromatic heterocycles. The van der Waals surface area contributed by atoms with Gasteiger partial charge >= 0.3 is 0 Å². The molecular weight excluding hydrogens is 164 g/mol. The topological polar surface area (TPSA) is 41.9 Å². The lowest BCUT2D eigenvalue weighted by Gasteiger charge is -2.07. The van der Waals surface area contributed by atoms with E-state index in [9.17, 15) is 0 Å². The highest BCUT2D eigenvalue weighted by molar-refractivity contribution is 5.33. The minimum absolute atomic E-state index is 0.669. The number of hydrogen-bond donors (Lipinski definition) is 2.